The van der Waals surface area contributed by atoms with Gasteiger partial charge in [0.1, 0.15) is 30.5 Å². The molecule has 0 bridgehead atoms. The molecule has 0 spiro atoms. The molecular weight excluding hydrogens is 465 g/mol. The fraction of sp³-hybridized carbons (Fsp3) is 0.333. The molecule has 2 aliphatic rings. The zero-order chi connectivity index (χ0) is 23.8. The van der Waals surface area contributed by atoms with E-state index in [1.165, 1.54) is 6.07 Å². The molecule has 2 aromatic carbocycles. The molecule has 0 amide bonds. The summed E-state index contributed by atoms with van der Waals surface area (Å²) in [6, 6.07) is 11.8. The maximum Gasteiger partial charge on any atom is 0.161 e. The Kier molecular flexibility index (Phi) is 6.48. The van der Waals surface area contributed by atoms with Gasteiger partial charge < -0.3 is 24.8 Å². The second-order valence-corrected chi connectivity index (χ2v) is 8.64. The van der Waals surface area contributed by atoms with Crippen LogP contribution in [0.3, 0.4) is 0 Å². The molecule has 1 saturated heterocycles. The lowest BCUT2D eigenvalue weighted by atomic mass is 10.00. The summed E-state index contributed by atoms with van der Waals surface area (Å²) in [4.78, 5) is 9.16. The van der Waals surface area contributed by atoms with Crippen LogP contribution in [0, 0.1) is 5.82 Å². The zero-order valence-corrected chi connectivity index (χ0v) is 18.8. The molecule has 10 heteroatoms. The second-order valence-electron chi connectivity index (χ2n) is 8.20. The van der Waals surface area contributed by atoms with E-state index in [-0.39, 0.29) is 25.4 Å². The fourth-order valence-electron chi connectivity index (χ4n) is 4.30. The third-order valence-corrected chi connectivity index (χ3v) is 6.24. The molecule has 0 aliphatic carbocycles. The van der Waals surface area contributed by atoms with Crippen LogP contribution in [0.25, 0.3) is 5.69 Å². The normalized spacial score (nSPS) is 24.2. The molecule has 2 aliphatic heterocycles. The minimum Gasteiger partial charge on any atom is -0.394 e. The van der Waals surface area contributed by atoms with Crippen molar-refractivity contribution in [3.8, 4) is 5.69 Å². The monoisotopic (exact) mass is 487 g/mol. The van der Waals surface area contributed by atoms with Gasteiger partial charge in [-0.25, -0.2) is 9.37 Å². The Labute approximate surface area is 199 Å². The van der Waals surface area contributed by atoms with Crippen molar-refractivity contribution in [3.63, 3.8) is 0 Å². The highest BCUT2D eigenvalue weighted by Gasteiger charge is 2.37. The van der Waals surface area contributed by atoms with Crippen LogP contribution in [0.1, 0.15) is 29.1 Å². The molecule has 8 nitrogen and oxygen atoms in total. The summed E-state index contributed by atoms with van der Waals surface area (Å²) in [6.07, 6.45) is -2.29. The van der Waals surface area contributed by atoms with Gasteiger partial charge in [-0.15, -0.1) is 0 Å². The molecule has 4 atom stereocenters. The number of aliphatic hydroxyl groups is 3. The van der Waals surface area contributed by atoms with Crippen molar-refractivity contribution < 1.29 is 29.2 Å². The summed E-state index contributed by atoms with van der Waals surface area (Å²) >= 11 is 6.30. The highest BCUT2D eigenvalue weighted by atomic mass is 35.5. The Bertz CT molecular complexity index is 1230. The number of aliphatic imine (C=N–C) groups is 1. The number of benzene rings is 2. The van der Waals surface area contributed by atoms with E-state index in [0.717, 1.165) is 11.4 Å². The number of ether oxygens (including phenoxy) is 2. The van der Waals surface area contributed by atoms with E-state index in [4.69, 9.17) is 21.1 Å². The molecule has 0 radical (unpaired) electrons. The van der Waals surface area contributed by atoms with E-state index in [0.29, 0.717) is 27.7 Å². The highest BCUT2D eigenvalue weighted by molar-refractivity contribution is 6.31. The van der Waals surface area contributed by atoms with Gasteiger partial charge in [0.05, 0.1) is 42.5 Å². The van der Waals surface area contributed by atoms with Crippen molar-refractivity contribution in [1.82, 2.24) is 9.55 Å². The Morgan fingerprint density at radius 1 is 1.18 bits per heavy atom. The SMILES string of the molecule is OC[C@H]1OC(OCc2ncc3n2-c2ccc(Cl)cc2C(c2ccccc2F)=NC3)C[C@@H](O)[C@@H]1O. The van der Waals surface area contributed by atoms with Crippen molar-refractivity contribution in [2.75, 3.05) is 6.61 Å². The fourth-order valence-corrected chi connectivity index (χ4v) is 4.47. The van der Waals surface area contributed by atoms with Gasteiger partial charge in [0.15, 0.2) is 6.29 Å². The van der Waals surface area contributed by atoms with E-state index in [1.807, 2.05) is 10.6 Å². The number of aliphatic hydroxyl groups excluding tert-OH is 3. The van der Waals surface area contributed by atoms with Crippen molar-refractivity contribution in [2.45, 2.75) is 44.2 Å². The van der Waals surface area contributed by atoms with Crippen LogP contribution in [0.2, 0.25) is 5.02 Å². The van der Waals surface area contributed by atoms with Crippen molar-refractivity contribution in [1.29, 1.82) is 0 Å². The Morgan fingerprint density at radius 3 is 2.79 bits per heavy atom. The van der Waals surface area contributed by atoms with Gasteiger partial charge in [-0.2, -0.15) is 0 Å². The zero-order valence-electron chi connectivity index (χ0n) is 18.0. The number of hydrogen-bond acceptors (Lipinski definition) is 7. The predicted octanol–water partition coefficient (Wildman–Crippen LogP) is 2.36. The predicted molar refractivity (Wildman–Crippen MR) is 121 cm³/mol. The largest absolute Gasteiger partial charge is 0.394 e. The number of rotatable bonds is 5. The molecule has 3 heterocycles. The molecule has 5 rings (SSSR count). The smallest absolute Gasteiger partial charge is 0.161 e. The molecule has 3 N–H and O–H groups in total. The maximum atomic E-state index is 14.7. The average molecular weight is 488 g/mol. The van der Waals surface area contributed by atoms with Crippen LogP contribution < -0.4 is 0 Å². The minimum absolute atomic E-state index is 0.0305. The van der Waals surface area contributed by atoms with Gasteiger partial charge in [0.25, 0.3) is 0 Å². The molecule has 3 aromatic rings. The first-order valence-electron chi connectivity index (χ1n) is 10.9. The van der Waals surface area contributed by atoms with Crippen LogP contribution in [0.5, 0.6) is 0 Å². The molecule has 1 aromatic heterocycles. The summed E-state index contributed by atoms with van der Waals surface area (Å²) in [5.41, 5.74) is 3.03. The molecule has 1 unspecified atom stereocenters. The van der Waals surface area contributed by atoms with Crippen molar-refractivity contribution >= 4 is 17.3 Å². The Balaban J connectivity index is 1.47. The quantitative estimate of drug-likeness (QED) is 0.510. The van der Waals surface area contributed by atoms with Gasteiger partial charge in [-0.3, -0.25) is 9.56 Å². The van der Waals surface area contributed by atoms with Gasteiger partial charge in [0.2, 0.25) is 0 Å². The van der Waals surface area contributed by atoms with Gasteiger partial charge >= 0.3 is 0 Å². The number of hydrogen-bond donors (Lipinski definition) is 3. The number of fused-ring (bicyclic) bond motifs is 3. The van der Waals surface area contributed by atoms with Crippen LogP contribution in [0.4, 0.5) is 4.39 Å². The van der Waals surface area contributed by atoms with Gasteiger partial charge in [-0.1, -0.05) is 23.7 Å². The summed E-state index contributed by atoms with van der Waals surface area (Å²) in [5.74, 6) is 0.169. The lowest BCUT2D eigenvalue weighted by Gasteiger charge is -2.35. The van der Waals surface area contributed by atoms with Gasteiger partial charge in [0, 0.05) is 22.6 Å². The number of halogens is 2. The van der Waals surface area contributed by atoms with Crippen molar-refractivity contribution in [3.05, 3.63) is 82.1 Å². The maximum absolute atomic E-state index is 14.7. The van der Waals surface area contributed by atoms with Crippen LogP contribution >= 0.6 is 11.6 Å². The van der Waals surface area contributed by atoms with Crippen LogP contribution in [0.15, 0.2) is 53.7 Å². The summed E-state index contributed by atoms with van der Waals surface area (Å²) in [7, 11) is 0. The highest BCUT2D eigenvalue weighted by Crippen LogP contribution is 2.30. The lowest BCUT2D eigenvalue weighted by molar-refractivity contribution is -0.260. The van der Waals surface area contributed by atoms with E-state index in [9.17, 15) is 19.7 Å². The number of nitrogens with zero attached hydrogens (tertiary/aromatic N) is 3. The van der Waals surface area contributed by atoms with E-state index in [2.05, 4.69) is 9.98 Å². The number of aromatic nitrogens is 2. The Morgan fingerprint density at radius 2 is 2.00 bits per heavy atom. The first-order valence-corrected chi connectivity index (χ1v) is 11.2. The lowest BCUT2D eigenvalue weighted by Crippen LogP contribution is -2.50. The Hall–Kier alpha value is -2.66. The summed E-state index contributed by atoms with van der Waals surface area (Å²) < 4.78 is 27.9. The topological polar surface area (TPSA) is 109 Å². The van der Waals surface area contributed by atoms with Crippen LogP contribution in [-0.4, -0.2) is 61.8 Å². The molecule has 34 heavy (non-hydrogen) atoms. The third kappa shape index (κ3) is 4.26. The summed E-state index contributed by atoms with van der Waals surface area (Å²) in [6.45, 7) is -0.149. The first-order chi connectivity index (χ1) is 16.5. The van der Waals surface area contributed by atoms with E-state index >= 15 is 0 Å². The van der Waals surface area contributed by atoms with Crippen molar-refractivity contribution in [2.24, 2.45) is 4.99 Å². The van der Waals surface area contributed by atoms with E-state index in [1.54, 1.807) is 36.5 Å². The minimum atomic E-state index is -1.18. The molecule has 0 saturated carbocycles. The summed E-state index contributed by atoms with van der Waals surface area (Å²) in [5, 5.41) is 29.8. The van der Waals surface area contributed by atoms with Gasteiger partial charge in [-0.05, 0) is 30.3 Å². The standard InChI is InChI=1S/C24H23ClFN3O5/c25-13-5-6-18-16(7-13)23(15-3-1-2-4-17(15)26)28-10-14-9-27-21(29(14)18)12-33-22-8-19(31)24(32)20(11-30)34-22/h1-7,9,19-20,22,24,30-32H,8,10-12H2/t19-,20-,22?,24+/m1/s1. The molecular formula is C24H23ClFN3O5. The molecule has 1 fully saturated rings. The first kappa shape index (κ1) is 23.1. The number of imidazole rings is 1. The molecule has 178 valence electrons. The van der Waals surface area contributed by atoms with E-state index < -0.39 is 31.2 Å². The average Bonchev–Trinajstić information content (AvgIpc) is 3.16. The third-order valence-electron chi connectivity index (χ3n) is 6.00. The van der Waals surface area contributed by atoms with Crippen LogP contribution in [-0.2, 0) is 22.6 Å². The second kappa shape index (κ2) is 9.53.